The smallest absolute Gasteiger partial charge is 0.254 e. The highest BCUT2D eigenvalue weighted by atomic mass is 79.9. The molecule has 0 unspecified atom stereocenters. The van der Waals surface area contributed by atoms with Crippen LogP contribution in [0.4, 0.5) is 0 Å². The maximum absolute atomic E-state index is 12.8. The highest BCUT2D eigenvalue weighted by molar-refractivity contribution is 9.10. The number of hydrogen-bond donors (Lipinski definition) is 1. The van der Waals surface area contributed by atoms with Gasteiger partial charge in [-0.25, -0.2) is 0 Å². The van der Waals surface area contributed by atoms with Gasteiger partial charge >= 0.3 is 0 Å². The summed E-state index contributed by atoms with van der Waals surface area (Å²) in [4.78, 5) is 18.2. The van der Waals surface area contributed by atoms with E-state index in [0.717, 1.165) is 39.7 Å². The molecule has 1 aromatic heterocycles. The summed E-state index contributed by atoms with van der Waals surface area (Å²) < 4.78 is 6.31. The van der Waals surface area contributed by atoms with Gasteiger partial charge in [0.15, 0.2) is 0 Å². The fourth-order valence-electron chi connectivity index (χ4n) is 3.27. The number of ether oxygens (including phenoxy) is 1. The lowest BCUT2D eigenvalue weighted by atomic mass is 10.0. The second-order valence-electron chi connectivity index (χ2n) is 5.98. The Kier molecular flexibility index (Phi) is 3.81. The summed E-state index contributed by atoms with van der Waals surface area (Å²) in [5.74, 6) is 0.908. The van der Waals surface area contributed by atoms with Crippen LogP contribution in [-0.4, -0.2) is 29.4 Å². The van der Waals surface area contributed by atoms with Crippen molar-refractivity contribution in [2.45, 2.75) is 13.0 Å². The normalized spacial score (nSPS) is 13.8. The molecule has 122 valence electrons. The molecule has 0 bridgehead atoms. The minimum absolute atomic E-state index is 0.0744. The van der Waals surface area contributed by atoms with Gasteiger partial charge in [0.05, 0.1) is 7.11 Å². The number of benzene rings is 2. The van der Waals surface area contributed by atoms with Crippen LogP contribution < -0.4 is 4.74 Å². The summed E-state index contributed by atoms with van der Waals surface area (Å²) in [7, 11) is 1.67. The topological polar surface area (TPSA) is 45.3 Å². The zero-order valence-corrected chi connectivity index (χ0v) is 14.9. The van der Waals surface area contributed by atoms with E-state index in [0.29, 0.717) is 6.54 Å². The molecule has 0 radical (unpaired) electrons. The van der Waals surface area contributed by atoms with Crippen molar-refractivity contribution < 1.29 is 9.53 Å². The standard InChI is InChI=1S/C19H17BrN2O2/c1-24-14-6-7-17-15(10-14)16-11-22(9-8-18(16)21-17)19(23)12-2-4-13(20)5-3-12/h2-7,10,21H,8-9,11H2,1H3. The molecule has 3 aromatic rings. The molecule has 0 spiro atoms. The fraction of sp³-hybridized carbons (Fsp3) is 0.211. The molecule has 4 rings (SSSR count). The van der Waals surface area contributed by atoms with Crippen LogP contribution >= 0.6 is 15.9 Å². The molecule has 0 fully saturated rings. The van der Waals surface area contributed by atoms with E-state index in [-0.39, 0.29) is 5.91 Å². The first-order valence-corrected chi connectivity index (χ1v) is 8.67. The van der Waals surface area contributed by atoms with Crippen molar-refractivity contribution in [1.82, 2.24) is 9.88 Å². The first-order chi connectivity index (χ1) is 11.7. The summed E-state index contributed by atoms with van der Waals surface area (Å²) in [5, 5.41) is 1.14. The van der Waals surface area contributed by atoms with Gasteiger partial charge < -0.3 is 14.6 Å². The lowest BCUT2D eigenvalue weighted by Crippen LogP contribution is -2.35. The summed E-state index contributed by atoms with van der Waals surface area (Å²) in [6, 6.07) is 13.6. The molecular formula is C19H17BrN2O2. The van der Waals surface area contributed by atoms with Crippen molar-refractivity contribution in [3.8, 4) is 5.75 Å². The minimum atomic E-state index is 0.0744. The van der Waals surface area contributed by atoms with Gasteiger partial charge in [-0.05, 0) is 42.5 Å². The molecule has 24 heavy (non-hydrogen) atoms. The summed E-state index contributed by atoms with van der Waals surface area (Å²) in [6.45, 7) is 1.35. The third-order valence-electron chi connectivity index (χ3n) is 4.56. The summed E-state index contributed by atoms with van der Waals surface area (Å²) >= 11 is 3.41. The highest BCUT2D eigenvalue weighted by Crippen LogP contribution is 2.31. The zero-order valence-electron chi connectivity index (χ0n) is 13.3. The Bertz CT molecular complexity index is 915. The largest absolute Gasteiger partial charge is 0.497 e. The van der Waals surface area contributed by atoms with Crippen LogP contribution in [0.5, 0.6) is 5.75 Å². The number of H-pyrrole nitrogens is 1. The molecule has 2 aromatic carbocycles. The van der Waals surface area contributed by atoms with Gasteiger partial charge in [0.1, 0.15) is 5.75 Å². The number of nitrogens with one attached hydrogen (secondary N) is 1. The monoisotopic (exact) mass is 384 g/mol. The lowest BCUT2D eigenvalue weighted by molar-refractivity contribution is 0.0735. The molecule has 1 aliphatic heterocycles. The Hall–Kier alpha value is -2.27. The van der Waals surface area contributed by atoms with E-state index in [1.807, 2.05) is 47.4 Å². The summed E-state index contributed by atoms with van der Waals surface area (Å²) in [6.07, 6.45) is 0.842. The van der Waals surface area contributed by atoms with Crippen LogP contribution in [0, 0.1) is 0 Å². The van der Waals surface area contributed by atoms with E-state index in [2.05, 4.69) is 20.9 Å². The Morgan fingerprint density at radius 2 is 2.00 bits per heavy atom. The van der Waals surface area contributed by atoms with E-state index >= 15 is 0 Å². The van der Waals surface area contributed by atoms with Crippen LogP contribution in [0.2, 0.25) is 0 Å². The predicted molar refractivity (Wildman–Crippen MR) is 97.4 cm³/mol. The van der Waals surface area contributed by atoms with Crippen LogP contribution in [0.15, 0.2) is 46.9 Å². The van der Waals surface area contributed by atoms with E-state index in [4.69, 9.17) is 4.74 Å². The molecule has 0 atom stereocenters. The second-order valence-corrected chi connectivity index (χ2v) is 6.89. The predicted octanol–water partition coefficient (Wildman–Crippen LogP) is 4.14. The van der Waals surface area contributed by atoms with Gasteiger partial charge in [0.25, 0.3) is 5.91 Å². The molecular weight excluding hydrogens is 368 g/mol. The molecule has 0 saturated carbocycles. The first kappa shape index (κ1) is 15.3. The number of halogens is 1. The molecule has 1 aliphatic rings. The van der Waals surface area contributed by atoms with Crippen LogP contribution in [0.3, 0.4) is 0 Å². The van der Waals surface area contributed by atoms with Gasteiger partial charge in [-0.3, -0.25) is 4.79 Å². The molecule has 5 heteroatoms. The van der Waals surface area contributed by atoms with Gasteiger partial charge in [0.2, 0.25) is 0 Å². The van der Waals surface area contributed by atoms with Crippen molar-refractivity contribution in [3.63, 3.8) is 0 Å². The number of carbonyl (C=O) groups is 1. The van der Waals surface area contributed by atoms with Crippen LogP contribution in [-0.2, 0) is 13.0 Å². The van der Waals surface area contributed by atoms with Crippen molar-refractivity contribution in [3.05, 3.63) is 63.8 Å². The van der Waals surface area contributed by atoms with Gasteiger partial charge in [-0.1, -0.05) is 15.9 Å². The Morgan fingerprint density at radius 1 is 1.21 bits per heavy atom. The number of rotatable bonds is 2. The van der Waals surface area contributed by atoms with E-state index in [1.54, 1.807) is 7.11 Å². The van der Waals surface area contributed by atoms with Crippen LogP contribution in [0.1, 0.15) is 21.6 Å². The number of hydrogen-bond acceptors (Lipinski definition) is 2. The average molecular weight is 385 g/mol. The number of methoxy groups -OCH3 is 1. The number of aromatic amines is 1. The van der Waals surface area contributed by atoms with E-state index in [1.165, 1.54) is 11.3 Å². The molecule has 0 saturated heterocycles. The first-order valence-electron chi connectivity index (χ1n) is 7.88. The molecule has 2 heterocycles. The molecule has 1 N–H and O–H groups in total. The Morgan fingerprint density at radius 3 is 2.75 bits per heavy atom. The van der Waals surface area contributed by atoms with E-state index < -0.39 is 0 Å². The molecule has 4 nitrogen and oxygen atoms in total. The van der Waals surface area contributed by atoms with Crippen molar-refractivity contribution in [2.75, 3.05) is 13.7 Å². The molecule has 1 amide bonds. The third kappa shape index (κ3) is 2.59. The van der Waals surface area contributed by atoms with Crippen molar-refractivity contribution in [1.29, 1.82) is 0 Å². The average Bonchev–Trinajstić information content (AvgIpc) is 2.98. The maximum atomic E-state index is 12.8. The zero-order chi connectivity index (χ0) is 16.7. The van der Waals surface area contributed by atoms with E-state index in [9.17, 15) is 4.79 Å². The minimum Gasteiger partial charge on any atom is -0.497 e. The third-order valence-corrected chi connectivity index (χ3v) is 5.09. The Labute approximate surface area is 148 Å². The Balaban J connectivity index is 1.67. The van der Waals surface area contributed by atoms with Crippen molar-refractivity contribution >= 4 is 32.7 Å². The number of aromatic nitrogens is 1. The molecule has 0 aliphatic carbocycles. The number of fused-ring (bicyclic) bond motifs is 3. The van der Waals surface area contributed by atoms with Gasteiger partial charge in [0, 0.05) is 51.7 Å². The van der Waals surface area contributed by atoms with Gasteiger partial charge in [-0.15, -0.1) is 0 Å². The van der Waals surface area contributed by atoms with Gasteiger partial charge in [-0.2, -0.15) is 0 Å². The highest BCUT2D eigenvalue weighted by Gasteiger charge is 2.25. The SMILES string of the molecule is COc1ccc2[nH]c3c(c2c1)CN(C(=O)c1ccc(Br)cc1)CC3. The summed E-state index contributed by atoms with van der Waals surface area (Å²) in [5.41, 5.74) is 4.23. The maximum Gasteiger partial charge on any atom is 0.254 e. The number of nitrogens with zero attached hydrogens (tertiary/aromatic N) is 1. The number of carbonyl (C=O) groups excluding carboxylic acids is 1. The van der Waals surface area contributed by atoms with Crippen LogP contribution in [0.25, 0.3) is 10.9 Å². The fourth-order valence-corrected chi connectivity index (χ4v) is 3.53. The second kappa shape index (κ2) is 5.98. The van der Waals surface area contributed by atoms with Crippen molar-refractivity contribution in [2.24, 2.45) is 0 Å². The number of amides is 1. The lowest BCUT2D eigenvalue weighted by Gasteiger charge is -2.27. The quantitative estimate of drug-likeness (QED) is 0.721.